The summed E-state index contributed by atoms with van der Waals surface area (Å²) in [5.41, 5.74) is 1.52. The summed E-state index contributed by atoms with van der Waals surface area (Å²) in [6.07, 6.45) is 4.68. The van der Waals surface area contributed by atoms with Gasteiger partial charge >= 0.3 is 0 Å². The molecule has 1 fully saturated rings. The monoisotopic (exact) mass is 150 g/mol. The van der Waals surface area contributed by atoms with Crippen LogP contribution >= 0.6 is 0 Å². The third-order valence-electron chi connectivity index (χ3n) is 3.26. The molecule has 0 aromatic heterocycles. The zero-order chi connectivity index (χ0) is 8.01. The first kappa shape index (κ1) is 7.08. The van der Waals surface area contributed by atoms with E-state index in [2.05, 4.69) is 13.0 Å². The lowest BCUT2D eigenvalue weighted by atomic mass is 9.88. The van der Waals surface area contributed by atoms with Gasteiger partial charge in [-0.1, -0.05) is 11.6 Å². The second-order valence-electron chi connectivity index (χ2n) is 3.96. The number of allylic oxidation sites excluding steroid dienone is 2. The van der Waals surface area contributed by atoms with Gasteiger partial charge in [0.2, 0.25) is 0 Å². The Labute approximate surface area is 67.5 Å². The van der Waals surface area contributed by atoms with Crippen LogP contribution in [0.25, 0.3) is 0 Å². The summed E-state index contributed by atoms with van der Waals surface area (Å²) in [4.78, 5) is 11.1. The second kappa shape index (κ2) is 2.20. The molecule has 0 unspecified atom stereocenters. The predicted octanol–water partition coefficient (Wildman–Crippen LogP) is 2.18. The van der Waals surface area contributed by atoms with Crippen LogP contribution in [0.4, 0.5) is 0 Å². The fourth-order valence-electron chi connectivity index (χ4n) is 2.57. The summed E-state index contributed by atoms with van der Waals surface area (Å²) >= 11 is 0. The molecule has 0 aromatic carbocycles. The zero-order valence-corrected chi connectivity index (χ0v) is 7.13. The molecule has 1 heteroatoms. The maximum absolute atomic E-state index is 11.1. The van der Waals surface area contributed by atoms with Crippen molar-refractivity contribution in [2.75, 3.05) is 0 Å². The van der Waals surface area contributed by atoms with Gasteiger partial charge in [0.05, 0.1) is 0 Å². The third-order valence-corrected chi connectivity index (χ3v) is 3.26. The molecule has 60 valence electrons. The first-order valence-corrected chi connectivity index (χ1v) is 4.37. The van der Waals surface area contributed by atoms with Gasteiger partial charge in [0.1, 0.15) is 5.78 Å². The Kier molecular flexibility index (Phi) is 1.41. The van der Waals surface area contributed by atoms with Gasteiger partial charge < -0.3 is 0 Å². The lowest BCUT2D eigenvalue weighted by Crippen LogP contribution is -2.16. The van der Waals surface area contributed by atoms with Crippen LogP contribution < -0.4 is 0 Å². The van der Waals surface area contributed by atoms with Crippen molar-refractivity contribution in [2.45, 2.75) is 26.7 Å². The summed E-state index contributed by atoms with van der Waals surface area (Å²) < 4.78 is 0. The predicted molar refractivity (Wildman–Crippen MR) is 44.1 cm³/mol. The summed E-state index contributed by atoms with van der Waals surface area (Å²) in [6.45, 7) is 3.93. The standard InChI is InChI=1S/C10H14O/c1-6-3-9-4-8(6)5-10(9)7(2)11/h3,8-10H,4-5H2,1-2H3/t8-,9+,10-/m0/s1. The van der Waals surface area contributed by atoms with E-state index in [-0.39, 0.29) is 0 Å². The number of fused-ring (bicyclic) bond motifs is 2. The highest BCUT2D eigenvalue weighted by molar-refractivity contribution is 5.79. The second-order valence-corrected chi connectivity index (χ2v) is 3.96. The summed E-state index contributed by atoms with van der Waals surface area (Å²) in [5.74, 6) is 2.09. The number of ketones is 1. The molecule has 11 heavy (non-hydrogen) atoms. The summed E-state index contributed by atoms with van der Waals surface area (Å²) in [5, 5.41) is 0. The van der Waals surface area contributed by atoms with Crippen molar-refractivity contribution < 1.29 is 4.79 Å². The molecule has 0 saturated heterocycles. The van der Waals surface area contributed by atoms with Gasteiger partial charge in [0.15, 0.2) is 0 Å². The average Bonchev–Trinajstić information content (AvgIpc) is 2.43. The molecule has 3 atom stereocenters. The smallest absolute Gasteiger partial charge is 0.133 e. The minimum absolute atomic E-state index is 0.365. The van der Waals surface area contributed by atoms with Gasteiger partial charge in [0, 0.05) is 5.92 Å². The van der Waals surface area contributed by atoms with Crippen LogP contribution in [0.2, 0.25) is 0 Å². The van der Waals surface area contributed by atoms with E-state index in [1.165, 1.54) is 12.0 Å². The Hall–Kier alpha value is -0.590. The molecule has 0 amide bonds. The Morgan fingerprint density at radius 1 is 1.55 bits per heavy atom. The van der Waals surface area contributed by atoms with Crippen LogP contribution in [-0.4, -0.2) is 5.78 Å². The van der Waals surface area contributed by atoms with E-state index in [1.54, 1.807) is 6.92 Å². The normalized spacial score (nSPS) is 40.9. The van der Waals surface area contributed by atoms with Crippen LogP contribution in [0.3, 0.4) is 0 Å². The SMILES string of the molecule is CC(=O)[C@@H]1C[C@@H]2C[C@H]1C=C2C. The summed E-state index contributed by atoms with van der Waals surface area (Å²) in [7, 11) is 0. The van der Waals surface area contributed by atoms with Gasteiger partial charge in [-0.05, 0) is 38.5 Å². The Morgan fingerprint density at radius 3 is 2.64 bits per heavy atom. The molecule has 0 aliphatic heterocycles. The lowest BCUT2D eigenvalue weighted by Gasteiger charge is -2.16. The fraction of sp³-hybridized carbons (Fsp3) is 0.700. The van der Waals surface area contributed by atoms with Crippen molar-refractivity contribution in [3.05, 3.63) is 11.6 Å². The molecule has 0 spiro atoms. The fourth-order valence-corrected chi connectivity index (χ4v) is 2.57. The topological polar surface area (TPSA) is 17.1 Å². The maximum Gasteiger partial charge on any atom is 0.133 e. The van der Waals surface area contributed by atoms with Gasteiger partial charge in [-0.25, -0.2) is 0 Å². The Morgan fingerprint density at radius 2 is 2.27 bits per heavy atom. The van der Waals surface area contributed by atoms with Crippen molar-refractivity contribution in [1.29, 1.82) is 0 Å². The van der Waals surface area contributed by atoms with Crippen LogP contribution in [0.5, 0.6) is 0 Å². The van der Waals surface area contributed by atoms with Gasteiger partial charge in [0.25, 0.3) is 0 Å². The zero-order valence-electron chi connectivity index (χ0n) is 7.13. The quantitative estimate of drug-likeness (QED) is 0.523. The average molecular weight is 150 g/mol. The molecule has 1 saturated carbocycles. The first-order chi connectivity index (χ1) is 5.18. The molecule has 0 radical (unpaired) electrons. The third kappa shape index (κ3) is 0.943. The molecular weight excluding hydrogens is 136 g/mol. The van der Waals surface area contributed by atoms with E-state index in [0.717, 1.165) is 12.3 Å². The van der Waals surface area contributed by atoms with Crippen LogP contribution in [-0.2, 0) is 4.79 Å². The minimum Gasteiger partial charge on any atom is -0.300 e. The maximum atomic E-state index is 11.1. The number of hydrogen-bond acceptors (Lipinski definition) is 1. The molecule has 2 aliphatic carbocycles. The molecule has 1 nitrogen and oxygen atoms in total. The number of hydrogen-bond donors (Lipinski definition) is 0. The highest BCUT2D eigenvalue weighted by atomic mass is 16.1. The van der Waals surface area contributed by atoms with Crippen molar-refractivity contribution in [3.63, 3.8) is 0 Å². The number of carbonyl (C=O) groups excluding carboxylic acids is 1. The molecule has 0 heterocycles. The minimum atomic E-state index is 0.365. The number of Topliss-reactive ketones (excluding diaryl/α,β-unsaturated/α-hetero) is 1. The Balaban J connectivity index is 2.19. The largest absolute Gasteiger partial charge is 0.300 e. The van der Waals surface area contributed by atoms with E-state index >= 15 is 0 Å². The molecule has 0 N–H and O–H groups in total. The number of rotatable bonds is 1. The van der Waals surface area contributed by atoms with E-state index in [9.17, 15) is 4.79 Å². The van der Waals surface area contributed by atoms with Gasteiger partial charge in [-0.15, -0.1) is 0 Å². The van der Waals surface area contributed by atoms with E-state index in [1.807, 2.05) is 0 Å². The highest BCUT2D eigenvalue weighted by Gasteiger charge is 2.40. The molecule has 2 bridgehead atoms. The van der Waals surface area contributed by atoms with Gasteiger partial charge in [-0.3, -0.25) is 4.79 Å². The van der Waals surface area contributed by atoms with Crippen LogP contribution in [0.15, 0.2) is 11.6 Å². The van der Waals surface area contributed by atoms with E-state index < -0.39 is 0 Å². The highest BCUT2D eigenvalue weighted by Crippen LogP contribution is 2.47. The molecule has 0 aromatic rings. The van der Waals surface area contributed by atoms with Crippen molar-refractivity contribution in [3.8, 4) is 0 Å². The van der Waals surface area contributed by atoms with E-state index in [4.69, 9.17) is 0 Å². The molecule has 2 aliphatic rings. The lowest BCUT2D eigenvalue weighted by molar-refractivity contribution is -0.121. The van der Waals surface area contributed by atoms with Gasteiger partial charge in [-0.2, -0.15) is 0 Å². The molecule has 2 rings (SSSR count). The van der Waals surface area contributed by atoms with E-state index in [0.29, 0.717) is 17.6 Å². The van der Waals surface area contributed by atoms with Crippen LogP contribution in [0, 0.1) is 17.8 Å². The Bertz CT molecular complexity index is 227. The molecular formula is C10H14O. The first-order valence-electron chi connectivity index (χ1n) is 4.37. The number of carbonyl (C=O) groups is 1. The van der Waals surface area contributed by atoms with Crippen LogP contribution in [0.1, 0.15) is 26.7 Å². The van der Waals surface area contributed by atoms with Crippen molar-refractivity contribution in [1.82, 2.24) is 0 Å². The van der Waals surface area contributed by atoms with Crippen molar-refractivity contribution >= 4 is 5.78 Å². The summed E-state index contributed by atoms with van der Waals surface area (Å²) in [6, 6.07) is 0. The van der Waals surface area contributed by atoms with Crippen molar-refractivity contribution in [2.24, 2.45) is 17.8 Å².